The molecular weight excluding hydrogens is 254 g/mol. The van der Waals surface area contributed by atoms with Gasteiger partial charge in [-0.3, -0.25) is 0 Å². The van der Waals surface area contributed by atoms with E-state index in [4.69, 9.17) is 15.2 Å². The summed E-state index contributed by atoms with van der Waals surface area (Å²) in [6, 6.07) is 5.90. The van der Waals surface area contributed by atoms with Gasteiger partial charge >= 0.3 is 0 Å². The molecule has 0 saturated carbocycles. The summed E-state index contributed by atoms with van der Waals surface area (Å²) in [5, 5.41) is 0. The van der Waals surface area contributed by atoms with Crippen LogP contribution in [0.15, 0.2) is 18.2 Å². The van der Waals surface area contributed by atoms with E-state index in [0.717, 1.165) is 23.2 Å². The fourth-order valence-electron chi connectivity index (χ4n) is 2.47. The van der Waals surface area contributed by atoms with Crippen molar-refractivity contribution in [2.45, 2.75) is 32.7 Å². The average molecular weight is 277 g/mol. The fraction of sp³-hybridized carbons (Fsp3) is 0.533. The quantitative estimate of drug-likeness (QED) is 0.882. The molecular formula is C15H23N3O2. The molecule has 0 aliphatic heterocycles. The van der Waals surface area contributed by atoms with Gasteiger partial charge in [0, 0.05) is 7.11 Å². The predicted octanol–water partition coefficient (Wildman–Crippen LogP) is 2.79. The monoisotopic (exact) mass is 277 g/mol. The van der Waals surface area contributed by atoms with Crippen molar-refractivity contribution in [2.75, 3.05) is 26.1 Å². The van der Waals surface area contributed by atoms with Crippen LogP contribution in [0, 0.1) is 0 Å². The maximum absolute atomic E-state index is 6.11. The highest BCUT2D eigenvalue weighted by molar-refractivity contribution is 5.84. The molecule has 1 heterocycles. The van der Waals surface area contributed by atoms with Gasteiger partial charge in [-0.1, -0.05) is 13.0 Å². The Morgan fingerprint density at radius 3 is 2.75 bits per heavy atom. The zero-order chi connectivity index (χ0) is 14.8. The molecule has 20 heavy (non-hydrogen) atoms. The summed E-state index contributed by atoms with van der Waals surface area (Å²) in [5.74, 6) is 1.26. The van der Waals surface area contributed by atoms with E-state index in [9.17, 15) is 0 Å². The number of imidazole rings is 1. The molecule has 0 unspecified atom stereocenters. The number of aromatic nitrogens is 2. The Morgan fingerprint density at radius 1 is 1.35 bits per heavy atom. The zero-order valence-electron chi connectivity index (χ0n) is 12.6. The number of hydrogen-bond acceptors (Lipinski definition) is 4. The lowest BCUT2D eigenvalue weighted by Gasteiger charge is -2.27. The molecule has 2 rings (SSSR count). The van der Waals surface area contributed by atoms with Gasteiger partial charge in [-0.05, 0) is 32.4 Å². The van der Waals surface area contributed by atoms with E-state index in [2.05, 4.69) is 25.8 Å². The third-order valence-corrected chi connectivity index (χ3v) is 3.24. The minimum absolute atomic E-state index is 0.267. The maximum atomic E-state index is 6.11. The molecule has 0 aliphatic carbocycles. The topological polar surface area (TPSA) is 62.3 Å². The van der Waals surface area contributed by atoms with Crippen LogP contribution in [0.2, 0.25) is 0 Å². The van der Waals surface area contributed by atoms with Crippen molar-refractivity contribution in [1.29, 1.82) is 0 Å². The summed E-state index contributed by atoms with van der Waals surface area (Å²) in [6.07, 6.45) is 0.960. The SMILES string of the molecule is CCCOc1cccc2c1nc(N)n2C(C)(C)COC. The van der Waals surface area contributed by atoms with Crippen molar-refractivity contribution < 1.29 is 9.47 Å². The predicted molar refractivity (Wildman–Crippen MR) is 81.1 cm³/mol. The molecule has 5 nitrogen and oxygen atoms in total. The van der Waals surface area contributed by atoms with Crippen molar-refractivity contribution in [3.8, 4) is 5.75 Å². The Hall–Kier alpha value is -1.75. The average Bonchev–Trinajstić information content (AvgIpc) is 2.73. The lowest BCUT2D eigenvalue weighted by Crippen LogP contribution is -2.32. The third-order valence-electron chi connectivity index (χ3n) is 3.24. The maximum Gasteiger partial charge on any atom is 0.201 e. The van der Waals surface area contributed by atoms with Crippen molar-refractivity contribution >= 4 is 17.0 Å². The number of rotatable bonds is 6. The van der Waals surface area contributed by atoms with Gasteiger partial charge in [-0.25, -0.2) is 4.98 Å². The summed E-state index contributed by atoms with van der Waals surface area (Å²) >= 11 is 0. The molecule has 0 spiro atoms. The second kappa shape index (κ2) is 5.71. The molecule has 0 bridgehead atoms. The first-order valence-electron chi connectivity index (χ1n) is 6.90. The van der Waals surface area contributed by atoms with Crippen LogP contribution in [0.1, 0.15) is 27.2 Å². The summed E-state index contributed by atoms with van der Waals surface area (Å²) in [4.78, 5) is 4.47. The number of anilines is 1. The van der Waals surface area contributed by atoms with Gasteiger partial charge in [0.2, 0.25) is 5.95 Å². The molecule has 0 atom stereocenters. The van der Waals surface area contributed by atoms with Gasteiger partial charge in [0.1, 0.15) is 11.3 Å². The van der Waals surface area contributed by atoms with E-state index in [0.29, 0.717) is 19.2 Å². The molecule has 0 amide bonds. The minimum Gasteiger partial charge on any atom is -0.491 e. The molecule has 5 heteroatoms. The number of methoxy groups -OCH3 is 1. The largest absolute Gasteiger partial charge is 0.491 e. The second-order valence-corrected chi connectivity index (χ2v) is 5.52. The van der Waals surface area contributed by atoms with E-state index >= 15 is 0 Å². The third kappa shape index (κ3) is 2.58. The number of nitrogens with two attached hydrogens (primary N) is 1. The van der Waals surface area contributed by atoms with Crippen LogP contribution >= 0.6 is 0 Å². The number of ether oxygens (including phenoxy) is 2. The smallest absolute Gasteiger partial charge is 0.201 e. The van der Waals surface area contributed by atoms with E-state index in [1.165, 1.54) is 0 Å². The molecule has 0 saturated heterocycles. The van der Waals surface area contributed by atoms with Crippen LogP contribution in [0.4, 0.5) is 5.95 Å². The molecule has 1 aromatic carbocycles. The number of nitrogens with zero attached hydrogens (tertiary/aromatic N) is 2. The number of benzene rings is 1. The van der Waals surface area contributed by atoms with Crippen molar-refractivity contribution in [1.82, 2.24) is 9.55 Å². The van der Waals surface area contributed by atoms with Gasteiger partial charge in [0.25, 0.3) is 0 Å². The molecule has 1 aromatic heterocycles. The van der Waals surface area contributed by atoms with Crippen LogP contribution in [-0.2, 0) is 10.3 Å². The van der Waals surface area contributed by atoms with E-state index in [1.54, 1.807) is 7.11 Å². The number of fused-ring (bicyclic) bond motifs is 1. The minimum atomic E-state index is -0.267. The van der Waals surface area contributed by atoms with Crippen LogP contribution in [0.25, 0.3) is 11.0 Å². The van der Waals surface area contributed by atoms with Gasteiger partial charge in [0.05, 0.1) is 24.3 Å². The van der Waals surface area contributed by atoms with Crippen LogP contribution < -0.4 is 10.5 Å². The summed E-state index contributed by atoms with van der Waals surface area (Å²) in [5.41, 5.74) is 7.62. The molecule has 0 radical (unpaired) electrons. The molecule has 2 aromatic rings. The van der Waals surface area contributed by atoms with Crippen molar-refractivity contribution in [2.24, 2.45) is 0 Å². The van der Waals surface area contributed by atoms with Crippen molar-refractivity contribution in [3.05, 3.63) is 18.2 Å². The Morgan fingerprint density at radius 2 is 2.10 bits per heavy atom. The molecule has 0 fully saturated rings. The second-order valence-electron chi connectivity index (χ2n) is 5.52. The lowest BCUT2D eigenvalue weighted by atomic mass is 10.1. The summed E-state index contributed by atoms with van der Waals surface area (Å²) in [7, 11) is 1.69. The highest BCUT2D eigenvalue weighted by Crippen LogP contribution is 2.32. The van der Waals surface area contributed by atoms with Gasteiger partial charge < -0.3 is 19.8 Å². The van der Waals surface area contributed by atoms with Gasteiger partial charge in [-0.2, -0.15) is 0 Å². The van der Waals surface area contributed by atoms with Crippen LogP contribution in [0.5, 0.6) is 5.75 Å². The first kappa shape index (κ1) is 14.7. The standard InChI is InChI=1S/C15H23N3O2/c1-5-9-20-12-8-6-7-11-13(12)17-14(16)18(11)15(2,3)10-19-4/h6-8H,5,9-10H2,1-4H3,(H2,16,17). The number of para-hydroxylation sites is 1. The van der Waals surface area contributed by atoms with Crippen molar-refractivity contribution in [3.63, 3.8) is 0 Å². The molecule has 110 valence electrons. The first-order chi connectivity index (χ1) is 9.51. The number of nitrogen functional groups attached to an aromatic ring is 1. The zero-order valence-corrected chi connectivity index (χ0v) is 12.6. The fourth-order valence-corrected chi connectivity index (χ4v) is 2.47. The Labute approximate surface area is 119 Å². The van der Waals surface area contributed by atoms with Crippen LogP contribution in [-0.4, -0.2) is 29.9 Å². The highest BCUT2D eigenvalue weighted by atomic mass is 16.5. The molecule has 0 aliphatic rings. The van der Waals surface area contributed by atoms with E-state index in [-0.39, 0.29) is 5.54 Å². The Kier molecular flexibility index (Phi) is 4.18. The molecule has 2 N–H and O–H groups in total. The highest BCUT2D eigenvalue weighted by Gasteiger charge is 2.26. The van der Waals surface area contributed by atoms with E-state index in [1.807, 2.05) is 22.8 Å². The summed E-state index contributed by atoms with van der Waals surface area (Å²) in [6.45, 7) is 7.46. The van der Waals surface area contributed by atoms with Gasteiger partial charge in [0.15, 0.2) is 0 Å². The van der Waals surface area contributed by atoms with Crippen LogP contribution in [0.3, 0.4) is 0 Å². The Bertz CT molecular complexity index is 590. The first-order valence-corrected chi connectivity index (χ1v) is 6.90. The van der Waals surface area contributed by atoms with E-state index < -0.39 is 0 Å². The normalized spacial score (nSPS) is 12.0. The van der Waals surface area contributed by atoms with Gasteiger partial charge in [-0.15, -0.1) is 0 Å². The Balaban J connectivity index is 2.54. The summed E-state index contributed by atoms with van der Waals surface area (Å²) < 4.78 is 13.0. The lowest BCUT2D eigenvalue weighted by molar-refractivity contribution is 0.113. The number of hydrogen-bond donors (Lipinski definition) is 1.